The summed E-state index contributed by atoms with van der Waals surface area (Å²) in [5.41, 5.74) is 1.14. The van der Waals surface area contributed by atoms with Crippen molar-refractivity contribution >= 4 is 5.96 Å². The van der Waals surface area contributed by atoms with E-state index in [2.05, 4.69) is 40.4 Å². The van der Waals surface area contributed by atoms with Crippen molar-refractivity contribution in [3.63, 3.8) is 0 Å². The molecule has 1 aromatic rings. The standard InChI is InChI=1S/C17H30N4O2/c1-5-18-17(20-12-16-10-14(3)23-15(16)4)19-11-13(2)21-6-8-22-9-7-21/h10,13H,5-9,11-12H2,1-4H3,(H2,18,19,20). The second-order valence-electron chi connectivity index (χ2n) is 6.01. The summed E-state index contributed by atoms with van der Waals surface area (Å²) in [5.74, 6) is 2.74. The molecule has 6 nitrogen and oxygen atoms in total. The number of hydrogen-bond acceptors (Lipinski definition) is 4. The largest absolute Gasteiger partial charge is 0.466 e. The van der Waals surface area contributed by atoms with Crippen LogP contribution >= 0.6 is 0 Å². The van der Waals surface area contributed by atoms with Gasteiger partial charge in [0.1, 0.15) is 11.5 Å². The van der Waals surface area contributed by atoms with Crippen LogP contribution in [0.5, 0.6) is 0 Å². The predicted molar refractivity (Wildman–Crippen MR) is 92.9 cm³/mol. The maximum Gasteiger partial charge on any atom is 0.191 e. The van der Waals surface area contributed by atoms with Gasteiger partial charge in [-0.1, -0.05) is 0 Å². The lowest BCUT2D eigenvalue weighted by molar-refractivity contribution is 0.0211. The van der Waals surface area contributed by atoms with Gasteiger partial charge in [-0.15, -0.1) is 0 Å². The molecule has 1 atom stereocenters. The van der Waals surface area contributed by atoms with E-state index in [0.29, 0.717) is 12.6 Å². The molecule has 6 heteroatoms. The van der Waals surface area contributed by atoms with E-state index in [1.807, 2.05) is 13.8 Å². The van der Waals surface area contributed by atoms with E-state index in [1.165, 1.54) is 0 Å². The van der Waals surface area contributed by atoms with E-state index in [0.717, 1.165) is 62.4 Å². The van der Waals surface area contributed by atoms with Crippen molar-refractivity contribution in [2.75, 3.05) is 39.4 Å². The van der Waals surface area contributed by atoms with E-state index >= 15 is 0 Å². The van der Waals surface area contributed by atoms with Crippen LogP contribution in [0, 0.1) is 13.8 Å². The summed E-state index contributed by atoms with van der Waals surface area (Å²) >= 11 is 0. The predicted octanol–water partition coefficient (Wildman–Crippen LogP) is 1.67. The van der Waals surface area contributed by atoms with Gasteiger partial charge >= 0.3 is 0 Å². The highest BCUT2D eigenvalue weighted by atomic mass is 16.5. The highest BCUT2D eigenvalue weighted by molar-refractivity contribution is 5.79. The Morgan fingerprint density at radius 1 is 1.30 bits per heavy atom. The molecule has 0 saturated carbocycles. The van der Waals surface area contributed by atoms with Gasteiger partial charge in [-0.2, -0.15) is 0 Å². The minimum Gasteiger partial charge on any atom is -0.466 e. The molecule has 2 rings (SSSR count). The molecule has 1 unspecified atom stereocenters. The second-order valence-corrected chi connectivity index (χ2v) is 6.01. The summed E-state index contributed by atoms with van der Waals surface area (Å²) in [4.78, 5) is 7.11. The lowest BCUT2D eigenvalue weighted by Crippen LogP contribution is -2.49. The van der Waals surface area contributed by atoms with Crippen LogP contribution in [0.4, 0.5) is 0 Å². The van der Waals surface area contributed by atoms with Crippen LogP contribution in [0.2, 0.25) is 0 Å². The van der Waals surface area contributed by atoms with Gasteiger partial charge in [-0.05, 0) is 33.8 Å². The molecule has 23 heavy (non-hydrogen) atoms. The molecule has 1 saturated heterocycles. The van der Waals surface area contributed by atoms with Crippen molar-refractivity contribution in [1.82, 2.24) is 15.5 Å². The van der Waals surface area contributed by atoms with Crippen LogP contribution in [-0.4, -0.2) is 56.3 Å². The fourth-order valence-corrected chi connectivity index (χ4v) is 2.74. The fraction of sp³-hybridized carbons (Fsp3) is 0.706. The summed E-state index contributed by atoms with van der Waals surface area (Å²) < 4.78 is 11.0. The molecule has 1 fully saturated rings. The van der Waals surface area contributed by atoms with Crippen molar-refractivity contribution in [2.24, 2.45) is 4.99 Å². The molecule has 0 aliphatic carbocycles. The number of aliphatic imine (C=N–C) groups is 1. The molecule has 0 bridgehead atoms. The van der Waals surface area contributed by atoms with Crippen LogP contribution in [0.25, 0.3) is 0 Å². The molecule has 0 spiro atoms. The Kier molecular flexibility index (Phi) is 6.92. The monoisotopic (exact) mass is 322 g/mol. The number of nitrogens with zero attached hydrogens (tertiary/aromatic N) is 2. The number of aryl methyl sites for hydroxylation is 2. The summed E-state index contributed by atoms with van der Waals surface area (Å²) in [6.45, 7) is 14.3. The van der Waals surface area contributed by atoms with Crippen molar-refractivity contribution in [1.29, 1.82) is 0 Å². The molecule has 1 aromatic heterocycles. The van der Waals surface area contributed by atoms with E-state index in [4.69, 9.17) is 9.15 Å². The molecule has 2 N–H and O–H groups in total. The normalized spacial score (nSPS) is 18.0. The highest BCUT2D eigenvalue weighted by Gasteiger charge is 2.17. The minimum absolute atomic E-state index is 0.459. The third-order valence-electron chi connectivity index (χ3n) is 4.13. The minimum atomic E-state index is 0.459. The van der Waals surface area contributed by atoms with E-state index < -0.39 is 0 Å². The number of morpholine rings is 1. The Morgan fingerprint density at radius 2 is 2.04 bits per heavy atom. The Morgan fingerprint density at radius 3 is 2.65 bits per heavy atom. The average Bonchev–Trinajstić information content (AvgIpc) is 2.88. The number of furan rings is 1. The summed E-state index contributed by atoms with van der Waals surface area (Å²) in [7, 11) is 0. The molecule has 1 aliphatic rings. The van der Waals surface area contributed by atoms with Crippen molar-refractivity contribution in [3.05, 3.63) is 23.2 Å². The first kappa shape index (κ1) is 17.8. The van der Waals surface area contributed by atoms with Crippen LogP contribution in [0.1, 0.15) is 30.9 Å². The summed E-state index contributed by atoms with van der Waals surface area (Å²) in [5, 5.41) is 6.74. The quantitative estimate of drug-likeness (QED) is 0.616. The van der Waals surface area contributed by atoms with Crippen LogP contribution in [-0.2, 0) is 11.3 Å². The van der Waals surface area contributed by atoms with Gasteiger partial charge in [0.25, 0.3) is 0 Å². The molecule has 130 valence electrons. The topological polar surface area (TPSA) is 62.0 Å². The van der Waals surface area contributed by atoms with E-state index in [1.54, 1.807) is 0 Å². The van der Waals surface area contributed by atoms with E-state index in [9.17, 15) is 0 Å². The Bertz CT molecular complexity index is 507. The van der Waals surface area contributed by atoms with Crippen molar-refractivity contribution in [2.45, 2.75) is 40.3 Å². The SMILES string of the molecule is CCNC(=NCc1cc(C)oc1C)NCC(C)N1CCOCC1. The average molecular weight is 322 g/mol. The molecule has 2 heterocycles. The molecule has 0 amide bonds. The number of ether oxygens (including phenoxy) is 1. The Hall–Kier alpha value is -1.53. The zero-order valence-corrected chi connectivity index (χ0v) is 14.8. The fourth-order valence-electron chi connectivity index (χ4n) is 2.74. The maximum absolute atomic E-state index is 5.56. The van der Waals surface area contributed by atoms with Gasteiger partial charge in [0.15, 0.2) is 5.96 Å². The molecular formula is C17H30N4O2. The first-order valence-corrected chi connectivity index (χ1v) is 8.50. The van der Waals surface area contributed by atoms with Gasteiger partial charge in [-0.3, -0.25) is 4.90 Å². The number of rotatable bonds is 6. The number of nitrogens with one attached hydrogen (secondary N) is 2. The Labute approximate surface area is 139 Å². The van der Waals surface area contributed by atoms with Gasteiger partial charge in [0.2, 0.25) is 0 Å². The van der Waals surface area contributed by atoms with Crippen molar-refractivity contribution in [3.8, 4) is 0 Å². The van der Waals surface area contributed by atoms with Crippen molar-refractivity contribution < 1.29 is 9.15 Å². The number of guanidine groups is 1. The third kappa shape index (κ3) is 5.55. The van der Waals surface area contributed by atoms with Gasteiger partial charge in [0.05, 0.1) is 19.8 Å². The summed E-state index contributed by atoms with van der Waals surface area (Å²) in [6.07, 6.45) is 0. The van der Waals surface area contributed by atoms with Gasteiger partial charge in [-0.25, -0.2) is 4.99 Å². The third-order valence-corrected chi connectivity index (χ3v) is 4.13. The lowest BCUT2D eigenvalue weighted by atomic mass is 10.2. The molecule has 0 aromatic carbocycles. The number of hydrogen-bond donors (Lipinski definition) is 2. The first-order valence-electron chi connectivity index (χ1n) is 8.50. The van der Waals surface area contributed by atoms with Crippen LogP contribution in [0.3, 0.4) is 0 Å². The Balaban J connectivity index is 1.87. The highest BCUT2D eigenvalue weighted by Crippen LogP contribution is 2.14. The molecule has 1 aliphatic heterocycles. The molecule has 0 radical (unpaired) electrons. The second kappa shape index (κ2) is 8.93. The lowest BCUT2D eigenvalue weighted by Gasteiger charge is -2.32. The maximum atomic E-state index is 5.56. The first-order chi connectivity index (χ1) is 11.1. The summed E-state index contributed by atoms with van der Waals surface area (Å²) in [6, 6.07) is 2.51. The zero-order chi connectivity index (χ0) is 16.7. The zero-order valence-electron chi connectivity index (χ0n) is 14.8. The smallest absolute Gasteiger partial charge is 0.191 e. The van der Waals surface area contributed by atoms with Gasteiger partial charge < -0.3 is 19.8 Å². The van der Waals surface area contributed by atoms with Gasteiger partial charge in [0, 0.05) is 37.8 Å². The van der Waals surface area contributed by atoms with Crippen LogP contribution < -0.4 is 10.6 Å². The van der Waals surface area contributed by atoms with Crippen LogP contribution in [0.15, 0.2) is 15.5 Å². The van der Waals surface area contributed by atoms with E-state index in [-0.39, 0.29) is 0 Å². The molecular weight excluding hydrogens is 292 g/mol.